The SMILES string of the molecule is CC(C)(C)OC(=O)N1CCN(C(=O)c2cncc3ccccc23)C(C(N)=O)C1. The molecule has 1 aromatic carbocycles. The minimum absolute atomic E-state index is 0.00577. The molecule has 3 rings (SSSR count). The number of ether oxygens (including phenoxy) is 1. The van der Waals surface area contributed by atoms with Crippen LogP contribution in [0.2, 0.25) is 0 Å². The number of aromatic nitrogens is 1. The molecule has 1 atom stereocenters. The van der Waals surface area contributed by atoms with Crippen LogP contribution in [0.3, 0.4) is 0 Å². The number of nitrogens with zero attached hydrogens (tertiary/aromatic N) is 3. The molecular weight excluding hydrogens is 360 g/mol. The zero-order chi connectivity index (χ0) is 20.5. The summed E-state index contributed by atoms with van der Waals surface area (Å²) in [5, 5.41) is 1.58. The lowest BCUT2D eigenvalue weighted by Crippen LogP contribution is -2.61. The van der Waals surface area contributed by atoms with Crippen molar-refractivity contribution >= 4 is 28.7 Å². The molecule has 0 aliphatic carbocycles. The molecule has 0 radical (unpaired) electrons. The lowest BCUT2D eigenvalue weighted by molar-refractivity contribution is -0.124. The van der Waals surface area contributed by atoms with E-state index in [0.717, 1.165) is 10.8 Å². The largest absolute Gasteiger partial charge is 0.444 e. The minimum atomic E-state index is -0.937. The highest BCUT2D eigenvalue weighted by molar-refractivity contribution is 6.07. The van der Waals surface area contributed by atoms with Crippen molar-refractivity contribution in [2.45, 2.75) is 32.4 Å². The van der Waals surface area contributed by atoms with Crippen LogP contribution in [0.4, 0.5) is 4.79 Å². The molecule has 0 bridgehead atoms. The highest BCUT2D eigenvalue weighted by atomic mass is 16.6. The van der Waals surface area contributed by atoms with Crippen LogP contribution in [-0.4, -0.2) is 64.0 Å². The van der Waals surface area contributed by atoms with Crippen molar-refractivity contribution in [3.63, 3.8) is 0 Å². The second kappa shape index (κ2) is 7.46. The van der Waals surface area contributed by atoms with Gasteiger partial charge in [-0.2, -0.15) is 0 Å². The summed E-state index contributed by atoms with van der Waals surface area (Å²) in [5.74, 6) is -1.01. The number of pyridine rings is 1. The van der Waals surface area contributed by atoms with E-state index in [1.807, 2.05) is 24.3 Å². The van der Waals surface area contributed by atoms with Crippen LogP contribution in [-0.2, 0) is 9.53 Å². The first kappa shape index (κ1) is 19.6. The van der Waals surface area contributed by atoms with E-state index in [1.54, 1.807) is 27.0 Å². The van der Waals surface area contributed by atoms with Gasteiger partial charge in [0.1, 0.15) is 11.6 Å². The molecule has 2 N–H and O–H groups in total. The third-order valence-corrected chi connectivity index (χ3v) is 4.52. The molecule has 28 heavy (non-hydrogen) atoms. The molecule has 1 fully saturated rings. The van der Waals surface area contributed by atoms with Crippen molar-refractivity contribution in [2.24, 2.45) is 5.73 Å². The van der Waals surface area contributed by atoms with Crippen molar-refractivity contribution < 1.29 is 19.1 Å². The van der Waals surface area contributed by atoms with Gasteiger partial charge in [0.05, 0.1) is 12.1 Å². The van der Waals surface area contributed by atoms with E-state index < -0.39 is 23.6 Å². The van der Waals surface area contributed by atoms with Crippen molar-refractivity contribution in [3.05, 3.63) is 42.2 Å². The van der Waals surface area contributed by atoms with Crippen LogP contribution < -0.4 is 5.73 Å². The second-order valence-corrected chi connectivity index (χ2v) is 7.75. The Labute approximate surface area is 163 Å². The van der Waals surface area contributed by atoms with Gasteiger partial charge in [0.25, 0.3) is 5.91 Å². The Bertz CT molecular complexity index is 917. The number of piperazine rings is 1. The van der Waals surface area contributed by atoms with Gasteiger partial charge in [-0.25, -0.2) is 4.79 Å². The molecule has 1 saturated heterocycles. The Morgan fingerprint density at radius 3 is 2.54 bits per heavy atom. The molecule has 8 nitrogen and oxygen atoms in total. The number of hydrogen-bond donors (Lipinski definition) is 1. The normalized spacial score (nSPS) is 17.5. The first-order valence-electron chi connectivity index (χ1n) is 9.08. The van der Waals surface area contributed by atoms with Crippen molar-refractivity contribution in [1.82, 2.24) is 14.8 Å². The van der Waals surface area contributed by atoms with Gasteiger partial charge < -0.3 is 20.3 Å². The summed E-state index contributed by atoms with van der Waals surface area (Å²) < 4.78 is 5.36. The standard InChI is InChI=1S/C20H24N4O4/c1-20(2,3)28-19(27)23-8-9-24(16(12-23)17(21)25)18(26)15-11-22-10-13-6-4-5-7-14(13)15/h4-7,10-11,16H,8-9,12H2,1-3H3,(H2,21,25). The van der Waals surface area contributed by atoms with Crippen LogP contribution in [0.15, 0.2) is 36.7 Å². The van der Waals surface area contributed by atoms with E-state index in [-0.39, 0.29) is 25.5 Å². The van der Waals surface area contributed by atoms with E-state index in [1.165, 1.54) is 16.0 Å². The Morgan fingerprint density at radius 1 is 1.14 bits per heavy atom. The summed E-state index contributed by atoms with van der Waals surface area (Å²) in [6, 6.07) is 6.47. The number of benzene rings is 1. The average Bonchev–Trinajstić information content (AvgIpc) is 2.65. The van der Waals surface area contributed by atoms with Crippen LogP contribution in [0.5, 0.6) is 0 Å². The minimum Gasteiger partial charge on any atom is -0.444 e. The molecule has 8 heteroatoms. The van der Waals surface area contributed by atoms with Crippen molar-refractivity contribution in [2.75, 3.05) is 19.6 Å². The molecule has 1 aromatic heterocycles. The number of hydrogen-bond acceptors (Lipinski definition) is 5. The Hall–Kier alpha value is -3.16. The predicted octanol–water partition coefficient (Wildman–Crippen LogP) is 1.78. The maximum Gasteiger partial charge on any atom is 0.410 e. The Kier molecular flexibility index (Phi) is 5.22. The molecule has 1 unspecified atom stereocenters. The summed E-state index contributed by atoms with van der Waals surface area (Å²) in [7, 11) is 0. The third kappa shape index (κ3) is 4.05. The molecule has 0 saturated carbocycles. The van der Waals surface area contributed by atoms with Gasteiger partial charge in [0, 0.05) is 30.9 Å². The summed E-state index contributed by atoms with van der Waals surface area (Å²) in [6.45, 7) is 5.73. The number of nitrogens with two attached hydrogens (primary N) is 1. The predicted molar refractivity (Wildman–Crippen MR) is 104 cm³/mol. The molecule has 2 aromatic rings. The zero-order valence-electron chi connectivity index (χ0n) is 16.2. The number of amides is 3. The van der Waals surface area contributed by atoms with E-state index in [9.17, 15) is 14.4 Å². The molecular formula is C20H24N4O4. The van der Waals surface area contributed by atoms with E-state index in [2.05, 4.69) is 4.98 Å². The average molecular weight is 384 g/mol. The summed E-state index contributed by atoms with van der Waals surface area (Å²) in [6.07, 6.45) is 2.64. The highest BCUT2D eigenvalue weighted by Gasteiger charge is 2.38. The lowest BCUT2D eigenvalue weighted by Gasteiger charge is -2.40. The van der Waals surface area contributed by atoms with Crippen LogP contribution in [0, 0.1) is 0 Å². The maximum atomic E-state index is 13.2. The quantitative estimate of drug-likeness (QED) is 0.850. The first-order chi connectivity index (χ1) is 13.2. The Balaban J connectivity index is 1.85. The number of primary amides is 1. The smallest absolute Gasteiger partial charge is 0.410 e. The van der Waals surface area contributed by atoms with Crippen molar-refractivity contribution in [1.29, 1.82) is 0 Å². The zero-order valence-corrected chi connectivity index (χ0v) is 16.2. The van der Waals surface area contributed by atoms with Crippen LogP contribution in [0.25, 0.3) is 10.8 Å². The van der Waals surface area contributed by atoms with Gasteiger partial charge in [0.15, 0.2) is 0 Å². The second-order valence-electron chi connectivity index (χ2n) is 7.75. The number of carbonyl (C=O) groups is 3. The number of rotatable bonds is 2. The summed E-state index contributed by atoms with van der Waals surface area (Å²) in [5.41, 5.74) is 5.29. The molecule has 1 aliphatic heterocycles. The van der Waals surface area contributed by atoms with Gasteiger partial charge in [0.2, 0.25) is 5.91 Å². The van der Waals surface area contributed by atoms with E-state index >= 15 is 0 Å². The molecule has 2 heterocycles. The fourth-order valence-corrected chi connectivity index (χ4v) is 3.20. The van der Waals surface area contributed by atoms with E-state index in [4.69, 9.17) is 10.5 Å². The number of fused-ring (bicyclic) bond motifs is 1. The monoisotopic (exact) mass is 384 g/mol. The topological polar surface area (TPSA) is 106 Å². The maximum absolute atomic E-state index is 13.2. The van der Waals surface area contributed by atoms with Gasteiger partial charge in [-0.1, -0.05) is 24.3 Å². The van der Waals surface area contributed by atoms with Gasteiger partial charge in [-0.15, -0.1) is 0 Å². The third-order valence-electron chi connectivity index (χ3n) is 4.52. The van der Waals surface area contributed by atoms with Crippen LogP contribution >= 0.6 is 0 Å². The molecule has 3 amide bonds. The Morgan fingerprint density at radius 2 is 1.86 bits per heavy atom. The van der Waals surface area contributed by atoms with Gasteiger partial charge in [-0.05, 0) is 26.2 Å². The summed E-state index contributed by atoms with van der Waals surface area (Å²) >= 11 is 0. The lowest BCUT2D eigenvalue weighted by atomic mass is 10.0. The fraction of sp³-hybridized carbons (Fsp3) is 0.400. The van der Waals surface area contributed by atoms with Gasteiger partial charge >= 0.3 is 6.09 Å². The van der Waals surface area contributed by atoms with Crippen molar-refractivity contribution in [3.8, 4) is 0 Å². The molecule has 148 valence electrons. The highest BCUT2D eigenvalue weighted by Crippen LogP contribution is 2.22. The van der Waals surface area contributed by atoms with Crippen LogP contribution in [0.1, 0.15) is 31.1 Å². The number of carbonyl (C=O) groups excluding carboxylic acids is 3. The van der Waals surface area contributed by atoms with Gasteiger partial charge in [-0.3, -0.25) is 14.6 Å². The van der Waals surface area contributed by atoms with E-state index in [0.29, 0.717) is 5.56 Å². The molecule has 1 aliphatic rings. The fourth-order valence-electron chi connectivity index (χ4n) is 3.20. The summed E-state index contributed by atoms with van der Waals surface area (Å²) in [4.78, 5) is 44.5. The molecule has 0 spiro atoms. The first-order valence-corrected chi connectivity index (χ1v) is 9.08.